The van der Waals surface area contributed by atoms with Crippen molar-refractivity contribution in [3.8, 4) is 0 Å². The summed E-state index contributed by atoms with van der Waals surface area (Å²) in [4.78, 5) is 19.7. The molecule has 2 atom stereocenters. The van der Waals surface area contributed by atoms with Crippen molar-refractivity contribution in [3.63, 3.8) is 0 Å². The maximum atomic E-state index is 15.7. The number of aromatic nitrogens is 2. The number of aliphatic hydroxyl groups is 1. The lowest BCUT2D eigenvalue weighted by Crippen LogP contribution is -2.73. The van der Waals surface area contributed by atoms with Crippen molar-refractivity contribution in [2.75, 3.05) is 6.54 Å². The van der Waals surface area contributed by atoms with E-state index in [4.69, 9.17) is 11.6 Å². The Hall–Kier alpha value is -1.94. The van der Waals surface area contributed by atoms with Crippen molar-refractivity contribution in [2.24, 2.45) is 16.2 Å². The molecule has 0 fully saturated rings. The molecule has 58 heavy (non-hydrogen) atoms. The Morgan fingerprint density at radius 3 is 1.62 bits per heavy atom. The first-order valence-electron chi connectivity index (χ1n) is 23.4. The number of aliphatic carboxylic acids is 1. The first kappa shape index (κ1) is 52.2. The molecule has 0 saturated carbocycles. The van der Waals surface area contributed by atoms with Crippen LogP contribution in [0.3, 0.4) is 0 Å². The minimum atomic E-state index is -4.33. The normalized spacial score (nSPS) is 14.8. The molecule has 2 rings (SSSR count). The van der Waals surface area contributed by atoms with E-state index >= 15 is 13.2 Å². The molecule has 0 aliphatic heterocycles. The lowest BCUT2D eigenvalue weighted by Gasteiger charge is -2.68. The van der Waals surface area contributed by atoms with Gasteiger partial charge >= 0.3 is 5.97 Å². The Kier molecular flexibility index (Phi) is 22.0. The third-order valence-electron chi connectivity index (χ3n) is 13.6. The summed E-state index contributed by atoms with van der Waals surface area (Å²) in [7, 11) is -4.33. The number of unbranched alkanes of at least 4 members (excludes halogenated alkanes) is 2. The fraction of sp³-hybridized carbons (Fsp3) is 0.792. The zero-order valence-corrected chi connectivity index (χ0v) is 40.1. The van der Waals surface area contributed by atoms with Gasteiger partial charge < -0.3 is 14.8 Å². The first-order chi connectivity index (χ1) is 27.7. The molecule has 1 aromatic heterocycles. The molecule has 0 amide bonds. The number of carbonyl (C=O) groups is 1. The fourth-order valence-electron chi connectivity index (χ4n) is 11.9. The second kappa shape index (κ2) is 24.5. The number of imidazole rings is 1. The molecular weight excluding hydrogens is 766 g/mol. The number of rotatable bonds is 32. The van der Waals surface area contributed by atoms with Gasteiger partial charge in [0.05, 0.1) is 17.2 Å². The van der Waals surface area contributed by atoms with Crippen LogP contribution in [0, 0.1) is 16.2 Å². The summed E-state index contributed by atoms with van der Waals surface area (Å²) in [6, 6.07) is 6.95. The number of benzene rings is 1. The molecular formula is C48H84ClN3O5S. The number of aliphatic hydroxyl groups excluding tert-OH is 1. The summed E-state index contributed by atoms with van der Waals surface area (Å²) >= 11 is 6.46. The van der Waals surface area contributed by atoms with Gasteiger partial charge in [-0.05, 0) is 92.7 Å². The zero-order chi connectivity index (χ0) is 43.6. The van der Waals surface area contributed by atoms with Crippen LogP contribution in [0.25, 0.3) is 0 Å². The predicted octanol–water partition coefficient (Wildman–Crippen LogP) is 13.4. The predicted molar refractivity (Wildman–Crippen MR) is 243 cm³/mol. The van der Waals surface area contributed by atoms with Crippen molar-refractivity contribution in [2.45, 2.75) is 228 Å². The molecule has 10 heteroatoms. The van der Waals surface area contributed by atoms with Crippen LogP contribution in [0.1, 0.15) is 215 Å². The Morgan fingerprint density at radius 1 is 0.690 bits per heavy atom. The second-order valence-electron chi connectivity index (χ2n) is 17.3. The summed E-state index contributed by atoms with van der Waals surface area (Å²) in [5.41, 5.74) is -1.69. The zero-order valence-electron chi connectivity index (χ0n) is 38.5. The molecule has 2 N–H and O–H groups in total. The highest BCUT2D eigenvalue weighted by Gasteiger charge is 2.71. The average Bonchev–Trinajstić information content (AvgIpc) is 3.49. The van der Waals surface area contributed by atoms with E-state index in [1.54, 1.807) is 12.1 Å². The average molecular weight is 851 g/mol. The van der Waals surface area contributed by atoms with E-state index in [0.717, 1.165) is 108 Å². The van der Waals surface area contributed by atoms with E-state index in [0.29, 0.717) is 44.3 Å². The van der Waals surface area contributed by atoms with Crippen molar-refractivity contribution < 1.29 is 23.4 Å². The first-order valence-corrected chi connectivity index (χ1v) is 25.3. The molecule has 334 valence electrons. The van der Waals surface area contributed by atoms with Crippen molar-refractivity contribution in [3.05, 3.63) is 46.5 Å². The smallest absolute Gasteiger partial charge is 0.325 e. The highest BCUT2D eigenvalue weighted by molar-refractivity contribution is 7.89. The van der Waals surface area contributed by atoms with Gasteiger partial charge in [-0.3, -0.25) is 4.79 Å². The molecule has 0 aliphatic rings. The number of aryl methyl sites for hydroxylation is 1. The molecule has 0 unspecified atom stereocenters. The van der Waals surface area contributed by atoms with E-state index in [1.165, 1.54) is 4.31 Å². The highest BCUT2D eigenvalue weighted by atomic mass is 35.5. The molecule has 2 aromatic rings. The van der Waals surface area contributed by atoms with Gasteiger partial charge in [-0.1, -0.05) is 157 Å². The van der Waals surface area contributed by atoms with Crippen molar-refractivity contribution in [1.29, 1.82) is 0 Å². The Morgan fingerprint density at radius 2 is 1.19 bits per heavy atom. The maximum Gasteiger partial charge on any atom is 0.325 e. The Balaban J connectivity index is 3.17. The number of hydrogen-bond donors (Lipinski definition) is 2. The third kappa shape index (κ3) is 10.4. The Bertz CT molecular complexity index is 1590. The largest absolute Gasteiger partial charge is 0.480 e. The summed E-state index contributed by atoms with van der Waals surface area (Å²) in [6.45, 7) is 22.1. The molecule has 0 spiro atoms. The lowest BCUT2D eigenvalue weighted by atomic mass is 9.38. The standard InChI is InChI=1S/C48H84ClN3O5S/c1-11-21-23-42-50-43(49)41(38-53)51(42)37-39-24-26-40(27-25-39)58(56,57)52(36-20-10)48(34-19-9,44(54)55)47(33-18-8,35-22-12-2)46(31-16-6,32-17-7)45(28-13-3,29-14-4)30-15-5/h24-27,53H,11-23,28-38H2,1-10H3,(H,54,55)/t47-,48+/m1/s1. The maximum absolute atomic E-state index is 15.7. The summed E-state index contributed by atoms with van der Waals surface area (Å²) < 4.78 is 34.8. The summed E-state index contributed by atoms with van der Waals surface area (Å²) in [5.74, 6) is -0.199. The lowest BCUT2D eigenvalue weighted by molar-refractivity contribution is -0.207. The van der Waals surface area contributed by atoms with Gasteiger partial charge in [0.25, 0.3) is 0 Å². The van der Waals surface area contributed by atoms with Gasteiger partial charge in [0, 0.05) is 24.9 Å². The van der Waals surface area contributed by atoms with Crippen molar-refractivity contribution in [1.82, 2.24) is 13.9 Å². The third-order valence-corrected chi connectivity index (χ3v) is 15.8. The monoisotopic (exact) mass is 850 g/mol. The molecule has 1 aromatic carbocycles. The van der Waals surface area contributed by atoms with Crippen LogP contribution in [0.15, 0.2) is 29.2 Å². The SMILES string of the molecule is CCCCc1nc(Cl)c(CO)n1Cc1ccc(S(=O)(=O)N(CCC)[C@@](CCC)(C(=O)O)[C@](CCC)(CCCC)C(CCC)(CCC)C(CCC)(CCC)CCC)cc1. The van der Waals surface area contributed by atoms with Gasteiger partial charge in [-0.25, -0.2) is 13.4 Å². The van der Waals surface area contributed by atoms with Crippen LogP contribution in [0.4, 0.5) is 0 Å². The van der Waals surface area contributed by atoms with Gasteiger partial charge in [0.15, 0.2) is 5.15 Å². The topological polar surface area (TPSA) is 113 Å². The Labute approximate surface area is 360 Å². The van der Waals surface area contributed by atoms with Crippen LogP contribution < -0.4 is 0 Å². The molecule has 0 aliphatic carbocycles. The van der Waals surface area contributed by atoms with Crippen molar-refractivity contribution >= 4 is 27.6 Å². The van der Waals surface area contributed by atoms with Gasteiger partial charge in [-0.15, -0.1) is 0 Å². The van der Waals surface area contributed by atoms with E-state index in [-0.39, 0.29) is 35.0 Å². The number of sulfonamides is 1. The van der Waals surface area contributed by atoms with Gasteiger partial charge in [-0.2, -0.15) is 4.31 Å². The van der Waals surface area contributed by atoms with Crippen LogP contribution in [-0.2, 0) is 34.4 Å². The number of nitrogens with zero attached hydrogens (tertiary/aromatic N) is 3. The van der Waals surface area contributed by atoms with Gasteiger partial charge in [0.1, 0.15) is 11.4 Å². The van der Waals surface area contributed by atoms with Crippen LogP contribution in [-0.4, -0.2) is 50.5 Å². The van der Waals surface area contributed by atoms with E-state index in [9.17, 15) is 10.2 Å². The summed E-state index contributed by atoms with van der Waals surface area (Å²) in [5, 5.41) is 22.8. The number of carboxylic acid groups (broad SMARTS) is 1. The molecule has 0 radical (unpaired) electrons. The summed E-state index contributed by atoms with van der Waals surface area (Å²) in [6.07, 6.45) is 17.5. The van der Waals surface area contributed by atoms with E-state index in [1.807, 2.05) is 30.5 Å². The second-order valence-corrected chi connectivity index (χ2v) is 19.5. The fourth-order valence-corrected chi connectivity index (χ4v) is 14.1. The van der Waals surface area contributed by atoms with Crippen LogP contribution in [0.5, 0.6) is 0 Å². The van der Waals surface area contributed by atoms with E-state index in [2.05, 4.69) is 60.4 Å². The van der Waals surface area contributed by atoms with Gasteiger partial charge in [0.2, 0.25) is 10.0 Å². The minimum absolute atomic E-state index is 0.114. The molecule has 8 nitrogen and oxygen atoms in total. The molecule has 0 bridgehead atoms. The van der Waals surface area contributed by atoms with Crippen LogP contribution >= 0.6 is 11.6 Å². The van der Waals surface area contributed by atoms with E-state index < -0.39 is 32.4 Å². The highest BCUT2D eigenvalue weighted by Crippen LogP contribution is 2.71. The molecule has 0 saturated heterocycles. The molecule has 1 heterocycles. The number of halogens is 1. The number of hydrogen-bond acceptors (Lipinski definition) is 5. The van der Waals surface area contributed by atoms with Crippen LogP contribution in [0.2, 0.25) is 5.15 Å². The minimum Gasteiger partial charge on any atom is -0.480 e. The quantitative estimate of drug-likeness (QED) is 0.0758. The number of carboxylic acids is 1.